The average molecular weight is 147 g/mol. The topological polar surface area (TPSA) is 61.6 Å². The lowest BCUT2D eigenvalue weighted by Crippen LogP contribution is -2.27. The Labute approximate surface area is 58.0 Å². The number of ether oxygens (including phenoxy) is 1. The van der Waals surface area contributed by atoms with Crippen molar-refractivity contribution < 1.29 is 14.7 Å². The van der Waals surface area contributed by atoms with E-state index in [0.29, 0.717) is 13.2 Å². The van der Waals surface area contributed by atoms with Crippen LogP contribution in [-0.4, -0.2) is 24.4 Å². The van der Waals surface area contributed by atoms with Crippen molar-refractivity contribution in [3.05, 3.63) is 10.1 Å². The van der Waals surface area contributed by atoms with Gasteiger partial charge in [0.15, 0.2) is 0 Å². The summed E-state index contributed by atoms with van der Waals surface area (Å²) in [5.41, 5.74) is 0. The molecule has 1 unspecified atom stereocenters. The van der Waals surface area contributed by atoms with Crippen molar-refractivity contribution in [2.75, 3.05) is 13.2 Å². The van der Waals surface area contributed by atoms with Gasteiger partial charge in [-0.05, 0) is 12.8 Å². The standard InChI is InChI=1S/C5H9NO4/c7-6(8)10-5-2-1-3-9-4-5/h5H,1-4H2. The minimum atomic E-state index is -0.765. The van der Waals surface area contributed by atoms with E-state index < -0.39 is 5.09 Å². The fourth-order valence-electron chi connectivity index (χ4n) is 0.916. The molecule has 0 aromatic carbocycles. The van der Waals surface area contributed by atoms with Gasteiger partial charge in [-0.1, -0.05) is 0 Å². The molecule has 5 heteroatoms. The first kappa shape index (κ1) is 7.27. The molecule has 0 aliphatic carbocycles. The molecular weight excluding hydrogens is 138 g/mol. The summed E-state index contributed by atoms with van der Waals surface area (Å²) in [4.78, 5) is 14.1. The molecule has 0 spiro atoms. The van der Waals surface area contributed by atoms with Crippen molar-refractivity contribution in [1.29, 1.82) is 0 Å². The largest absolute Gasteiger partial charge is 0.379 e. The zero-order valence-electron chi connectivity index (χ0n) is 5.49. The molecule has 1 rings (SSSR count). The predicted molar refractivity (Wildman–Crippen MR) is 31.9 cm³/mol. The molecule has 0 bridgehead atoms. The van der Waals surface area contributed by atoms with Gasteiger partial charge in [0.25, 0.3) is 5.09 Å². The first-order chi connectivity index (χ1) is 4.79. The van der Waals surface area contributed by atoms with E-state index in [0.717, 1.165) is 12.8 Å². The summed E-state index contributed by atoms with van der Waals surface area (Å²) in [6, 6.07) is 0. The van der Waals surface area contributed by atoms with E-state index in [2.05, 4.69) is 4.84 Å². The van der Waals surface area contributed by atoms with Crippen LogP contribution in [0.25, 0.3) is 0 Å². The third-order valence-corrected chi connectivity index (χ3v) is 1.35. The SMILES string of the molecule is O=[N+]([O-])OC1CCCOC1. The number of hydrogen-bond acceptors (Lipinski definition) is 4. The van der Waals surface area contributed by atoms with Crippen LogP contribution in [0.15, 0.2) is 0 Å². The van der Waals surface area contributed by atoms with Gasteiger partial charge >= 0.3 is 0 Å². The van der Waals surface area contributed by atoms with E-state index in [9.17, 15) is 10.1 Å². The second-order valence-corrected chi connectivity index (χ2v) is 2.17. The minimum Gasteiger partial charge on any atom is -0.379 e. The van der Waals surface area contributed by atoms with Crippen LogP contribution in [0.3, 0.4) is 0 Å². The van der Waals surface area contributed by atoms with Gasteiger partial charge < -0.3 is 9.57 Å². The molecule has 0 amide bonds. The summed E-state index contributed by atoms with van der Waals surface area (Å²) < 4.78 is 4.95. The molecule has 0 aromatic rings. The maximum atomic E-state index is 9.80. The van der Waals surface area contributed by atoms with E-state index in [4.69, 9.17) is 4.74 Å². The third kappa shape index (κ3) is 2.18. The van der Waals surface area contributed by atoms with Gasteiger partial charge in [0, 0.05) is 6.61 Å². The Balaban J connectivity index is 2.19. The lowest BCUT2D eigenvalue weighted by Gasteiger charge is -2.19. The summed E-state index contributed by atoms with van der Waals surface area (Å²) >= 11 is 0. The van der Waals surface area contributed by atoms with Crippen molar-refractivity contribution in [1.82, 2.24) is 0 Å². The van der Waals surface area contributed by atoms with Gasteiger partial charge in [-0.25, -0.2) is 0 Å². The average Bonchev–Trinajstić information content (AvgIpc) is 1.88. The van der Waals surface area contributed by atoms with E-state index >= 15 is 0 Å². The molecule has 1 heterocycles. The Morgan fingerprint density at radius 3 is 3.00 bits per heavy atom. The summed E-state index contributed by atoms with van der Waals surface area (Å²) in [6.07, 6.45) is 1.23. The zero-order valence-corrected chi connectivity index (χ0v) is 5.49. The highest BCUT2D eigenvalue weighted by molar-refractivity contribution is 4.59. The fraction of sp³-hybridized carbons (Fsp3) is 1.00. The van der Waals surface area contributed by atoms with Gasteiger partial charge in [-0.3, -0.25) is 0 Å². The van der Waals surface area contributed by atoms with E-state index in [-0.39, 0.29) is 6.10 Å². The Kier molecular flexibility index (Phi) is 2.44. The first-order valence-corrected chi connectivity index (χ1v) is 3.18. The molecule has 1 atom stereocenters. The van der Waals surface area contributed by atoms with Crippen molar-refractivity contribution in [3.8, 4) is 0 Å². The summed E-state index contributed by atoms with van der Waals surface area (Å²) in [5.74, 6) is 0. The smallest absolute Gasteiger partial charge is 0.294 e. The second kappa shape index (κ2) is 3.36. The van der Waals surface area contributed by atoms with Crippen LogP contribution in [0.1, 0.15) is 12.8 Å². The van der Waals surface area contributed by atoms with Gasteiger partial charge in [-0.2, -0.15) is 0 Å². The molecule has 1 aliphatic heterocycles. The van der Waals surface area contributed by atoms with Gasteiger partial charge in [-0.15, -0.1) is 10.1 Å². The molecule has 10 heavy (non-hydrogen) atoms. The van der Waals surface area contributed by atoms with E-state index in [1.54, 1.807) is 0 Å². The van der Waals surface area contributed by atoms with Crippen molar-refractivity contribution >= 4 is 0 Å². The molecule has 0 saturated carbocycles. The van der Waals surface area contributed by atoms with Crippen molar-refractivity contribution in [3.63, 3.8) is 0 Å². The van der Waals surface area contributed by atoms with Crippen LogP contribution >= 0.6 is 0 Å². The molecule has 58 valence electrons. The van der Waals surface area contributed by atoms with Crippen molar-refractivity contribution in [2.24, 2.45) is 0 Å². The number of nitrogens with zero attached hydrogens (tertiary/aromatic N) is 1. The molecule has 0 radical (unpaired) electrons. The van der Waals surface area contributed by atoms with E-state index in [1.807, 2.05) is 0 Å². The fourth-order valence-corrected chi connectivity index (χ4v) is 0.916. The van der Waals surface area contributed by atoms with E-state index in [1.165, 1.54) is 0 Å². The minimum absolute atomic E-state index is 0.344. The summed E-state index contributed by atoms with van der Waals surface area (Å²) in [7, 11) is 0. The Morgan fingerprint density at radius 1 is 1.70 bits per heavy atom. The van der Waals surface area contributed by atoms with Crippen LogP contribution in [0.4, 0.5) is 0 Å². The molecule has 5 nitrogen and oxygen atoms in total. The highest BCUT2D eigenvalue weighted by atomic mass is 17.0. The van der Waals surface area contributed by atoms with Gasteiger partial charge in [0.05, 0.1) is 6.61 Å². The maximum absolute atomic E-state index is 9.80. The third-order valence-electron chi connectivity index (χ3n) is 1.35. The molecule has 0 N–H and O–H groups in total. The monoisotopic (exact) mass is 147 g/mol. The highest BCUT2D eigenvalue weighted by Crippen LogP contribution is 2.08. The number of rotatable bonds is 2. The number of hydrogen-bond donors (Lipinski definition) is 0. The normalized spacial score (nSPS) is 25.8. The van der Waals surface area contributed by atoms with Crippen LogP contribution in [0.5, 0.6) is 0 Å². The summed E-state index contributed by atoms with van der Waals surface area (Å²) in [6.45, 7) is 1.04. The van der Waals surface area contributed by atoms with Crippen molar-refractivity contribution in [2.45, 2.75) is 18.9 Å². The Bertz CT molecular complexity index is 121. The van der Waals surface area contributed by atoms with Gasteiger partial charge in [0.1, 0.15) is 6.10 Å². The maximum Gasteiger partial charge on any atom is 0.294 e. The molecule has 0 aromatic heterocycles. The Hall–Kier alpha value is -0.840. The quantitative estimate of drug-likeness (QED) is 0.418. The highest BCUT2D eigenvalue weighted by Gasteiger charge is 2.16. The molecule has 1 fully saturated rings. The van der Waals surface area contributed by atoms with Crippen LogP contribution in [0, 0.1) is 10.1 Å². The Morgan fingerprint density at radius 2 is 2.50 bits per heavy atom. The molecule has 1 aliphatic rings. The molecule has 1 saturated heterocycles. The second-order valence-electron chi connectivity index (χ2n) is 2.17. The van der Waals surface area contributed by atoms with Gasteiger partial charge in [0.2, 0.25) is 0 Å². The first-order valence-electron chi connectivity index (χ1n) is 3.18. The lowest BCUT2D eigenvalue weighted by molar-refractivity contribution is -0.769. The predicted octanol–water partition coefficient (Wildman–Crippen LogP) is 0.374. The van der Waals surface area contributed by atoms with Crippen LogP contribution in [0.2, 0.25) is 0 Å². The lowest BCUT2D eigenvalue weighted by atomic mass is 10.2. The van der Waals surface area contributed by atoms with Crippen LogP contribution < -0.4 is 0 Å². The zero-order chi connectivity index (χ0) is 7.40. The molecular formula is C5H9NO4. The van der Waals surface area contributed by atoms with Crippen LogP contribution in [-0.2, 0) is 9.57 Å². The summed E-state index contributed by atoms with van der Waals surface area (Å²) in [5, 5.41) is 9.03.